The van der Waals surface area contributed by atoms with E-state index in [4.69, 9.17) is 16.7 Å². The smallest absolute Gasteiger partial charge is 0.337 e. The van der Waals surface area contributed by atoms with Crippen molar-refractivity contribution in [1.29, 1.82) is 0 Å². The average Bonchev–Trinajstić information content (AvgIpc) is 2.36. The number of hydrogen-bond donors (Lipinski definition) is 1. The van der Waals surface area contributed by atoms with Gasteiger partial charge < -0.3 is 5.11 Å². The number of carbonyl (C=O) groups is 1. The van der Waals surface area contributed by atoms with Crippen molar-refractivity contribution in [3.05, 3.63) is 52.2 Å². The molecule has 3 nitrogen and oxygen atoms in total. The van der Waals surface area contributed by atoms with E-state index in [1.807, 2.05) is 26.0 Å². The van der Waals surface area contributed by atoms with Crippen LogP contribution < -0.4 is 0 Å². The van der Waals surface area contributed by atoms with E-state index in [9.17, 15) is 4.79 Å². The van der Waals surface area contributed by atoms with Crippen LogP contribution in [0.2, 0.25) is 5.02 Å². The number of carboxylic acids is 1. The number of rotatable bonds is 3. The van der Waals surface area contributed by atoms with E-state index in [0.717, 1.165) is 16.0 Å². The second-order valence-corrected chi connectivity index (χ2v) is 5.65. The van der Waals surface area contributed by atoms with Gasteiger partial charge in [0.1, 0.15) is 5.03 Å². The fraction of sp³-hybridized carbons (Fsp3) is 0.143. The zero-order valence-electron chi connectivity index (χ0n) is 10.5. The van der Waals surface area contributed by atoms with Crippen LogP contribution >= 0.6 is 23.4 Å². The van der Waals surface area contributed by atoms with Crippen LogP contribution in [0.15, 0.2) is 40.4 Å². The van der Waals surface area contributed by atoms with Gasteiger partial charge in [-0.05, 0) is 37.1 Å². The summed E-state index contributed by atoms with van der Waals surface area (Å²) in [6.45, 7) is 4.03. The summed E-state index contributed by atoms with van der Waals surface area (Å²) in [4.78, 5) is 16.2. The molecule has 0 atom stereocenters. The van der Waals surface area contributed by atoms with Crippen molar-refractivity contribution in [2.45, 2.75) is 23.8 Å². The topological polar surface area (TPSA) is 50.2 Å². The first-order chi connectivity index (χ1) is 8.97. The molecule has 0 spiro atoms. The van der Waals surface area contributed by atoms with E-state index in [0.29, 0.717) is 5.03 Å². The molecule has 0 bridgehead atoms. The molecule has 0 fully saturated rings. The van der Waals surface area contributed by atoms with Gasteiger partial charge in [-0.25, -0.2) is 9.78 Å². The lowest BCUT2D eigenvalue weighted by Crippen LogP contribution is -1.98. The molecular weight excluding hydrogens is 282 g/mol. The Morgan fingerprint density at radius 1 is 1.32 bits per heavy atom. The molecule has 1 heterocycles. The summed E-state index contributed by atoms with van der Waals surface area (Å²) in [6.07, 6.45) is 1.37. The van der Waals surface area contributed by atoms with Gasteiger partial charge in [0.15, 0.2) is 0 Å². The number of nitrogens with zero attached hydrogens (tertiary/aromatic N) is 1. The minimum absolute atomic E-state index is 0.0736. The van der Waals surface area contributed by atoms with Crippen molar-refractivity contribution in [2.24, 2.45) is 0 Å². The standard InChI is InChI=1S/C14H12ClNO2S/c1-8-3-4-9(2)12(5-8)19-13-6-10(14(17)18)11(15)7-16-13/h3-7H,1-2H3,(H,17,18). The molecule has 1 aromatic carbocycles. The first kappa shape index (κ1) is 13.9. The Labute approximate surface area is 120 Å². The van der Waals surface area contributed by atoms with Crippen molar-refractivity contribution in [1.82, 2.24) is 4.98 Å². The van der Waals surface area contributed by atoms with Crippen LogP contribution in [0.4, 0.5) is 0 Å². The molecule has 1 N–H and O–H groups in total. The summed E-state index contributed by atoms with van der Waals surface area (Å²) in [5, 5.41) is 9.80. The van der Waals surface area contributed by atoms with Crippen LogP contribution in [-0.4, -0.2) is 16.1 Å². The third-order valence-corrected chi connectivity index (χ3v) is 4.01. The summed E-state index contributed by atoms with van der Waals surface area (Å²) >= 11 is 7.23. The van der Waals surface area contributed by atoms with Gasteiger partial charge in [-0.15, -0.1) is 0 Å². The van der Waals surface area contributed by atoms with Crippen LogP contribution in [0.25, 0.3) is 0 Å². The molecule has 98 valence electrons. The monoisotopic (exact) mass is 293 g/mol. The second-order valence-electron chi connectivity index (χ2n) is 4.18. The molecule has 0 saturated carbocycles. The highest BCUT2D eigenvalue weighted by Gasteiger charge is 2.11. The zero-order chi connectivity index (χ0) is 14.0. The van der Waals surface area contributed by atoms with Gasteiger partial charge >= 0.3 is 5.97 Å². The Balaban J connectivity index is 2.36. The van der Waals surface area contributed by atoms with E-state index >= 15 is 0 Å². The number of carboxylic acid groups (broad SMARTS) is 1. The predicted molar refractivity (Wildman–Crippen MR) is 76.2 cm³/mol. The van der Waals surface area contributed by atoms with Crippen LogP contribution in [0.5, 0.6) is 0 Å². The molecule has 0 radical (unpaired) electrons. The van der Waals surface area contributed by atoms with Crippen LogP contribution in [-0.2, 0) is 0 Å². The number of hydrogen-bond acceptors (Lipinski definition) is 3. The van der Waals surface area contributed by atoms with Gasteiger partial charge in [-0.2, -0.15) is 0 Å². The molecular formula is C14H12ClNO2S. The maximum absolute atomic E-state index is 11.0. The molecule has 0 aliphatic heterocycles. The fourth-order valence-electron chi connectivity index (χ4n) is 1.57. The number of aromatic carboxylic acids is 1. The minimum atomic E-state index is -1.05. The largest absolute Gasteiger partial charge is 0.478 e. The van der Waals surface area contributed by atoms with Gasteiger partial charge in [0.2, 0.25) is 0 Å². The normalized spacial score (nSPS) is 10.5. The van der Waals surface area contributed by atoms with Gasteiger partial charge in [0.25, 0.3) is 0 Å². The Bertz CT molecular complexity index is 643. The molecule has 0 amide bonds. The maximum Gasteiger partial charge on any atom is 0.337 e. The molecule has 19 heavy (non-hydrogen) atoms. The molecule has 0 saturated heterocycles. The Kier molecular flexibility index (Phi) is 4.12. The van der Waals surface area contributed by atoms with Gasteiger partial charge in [0.05, 0.1) is 10.6 Å². The van der Waals surface area contributed by atoms with E-state index in [-0.39, 0.29) is 10.6 Å². The van der Waals surface area contributed by atoms with E-state index in [1.165, 1.54) is 24.0 Å². The molecule has 0 aliphatic carbocycles. The van der Waals surface area contributed by atoms with Crippen molar-refractivity contribution in [3.63, 3.8) is 0 Å². The van der Waals surface area contributed by atoms with Gasteiger partial charge in [-0.1, -0.05) is 35.5 Å². The second kappa shape index (κ2) is 5.63. The van der Waals surface area contributed by atoms with Gasteiger partial charge in [-0.3, -0.25) is 0 Å². The van der Waals surface area contributed by atoms with Crippen molar-refractivity contribution in [2.75, 3.05) is 0 Å². The summed E-state index contributed by atoms with van der Waals surface area (Å²) in [6, 6.07) is 7.62. The lowest BCUT2D eigenvalue weighted by atomic mass is 10.2. The molecule has 2 aromatic rings. The summed E-state index contributed by atoms with van der Waals surface area (Å²) < 4.78 is 0. The van der Waals surface area contributed by atoms with Crippen molar-refractivity contribution < 1.29 is 9.90 Å². The summed E-state index contributed by atoms with van der Waals surface area (Å²) in [5.74, 6) is -1.05. The van der Waals surface area contributed by atoms with Crippen LogP contribution in [0.1, 0.15) is 21.5 Å². The number of benzene rings is 1. The highest BCUT2D eigenvalue weighted by Crippen LogP contribution is 2.31. The molecule has 0 aliphatic rings. The first-order valence-electron chi connectivity index (χ1n) is 5.61. The third-order valence-electron chi connectivity index (χ3n) is 2.62. The average molecular weight is 294 g/mol. The lowest BCUT2D eigenvalue weighted by molar-refractivity contribution is 0.0696. The lowest BCUT2D eigenvalue weighted by Gasteiger charge is -2.07. The van der Waals surface area contributed by atoms with Gasteiger partial charge in [0, 0.05) is 11.1 Å². The van der Waals surface area contributed by atoms with Crippen LogP contribution in [0, 0.1) is 13.8 Å². The highest BCUT2D eigenvalue weighted by atomic mass is 35.5. The number of pyridine rings is 1. The quantitative estimate of drug-likeness (QED) is 0.921. The Morgan fingerprint density at radius 2 is 2.05 bits per heavy atom. The van der Waals surface area contributed by atoms with Crippen LogP contribution in [0.3, 0.4) is 0 Å². The Hall–Kier alpha value is -1.52. The molecule has 1 aromatic heterocycles. The van der Waals surface area contributed by atoms with E-state index < -0.39 is 5.97 Å². The predicted octanol–water partition coefficient (Wildman–Crippen LogP) is 4.20. The fourth-order valence-corrected chi connectivity index (χ4v) is 2.73. The molecule has 5 heteroatoms. The first-order valence-corrected chi connectivity index (χ1v) is 6.81. The number of halogens is 1. The molecule has 2 rings (SSSR count). The number of aryl methyl sites for hydroxylation is 2. The summed E-state index contributed by atoms with van der Waals surface area (Å²) in [5.41, 5.74) is 2.36. The maximum atomic E-state index is 11.0. The summed E-state index contributed by atoms with van der Waals surface area (Å²) in [7, 11) is 0. The Morgan fingerprint density at radius 3 is 2.74 bits per heavy atom. The third kappa shape index (κ3) is 3.28. The van der Waals surface area contributed by atoms with Crippen molar-refractivity contribution in [3.8, 4) is 0 Å². The highest BCUT2D eigenvalue weighted by molar-refractivity contribution is 7.99. The van der Waals surface area contributed by atoms with Crippen molar-refractivity contribution >= 4 is 29.3 Å². The zero-order valence-corrected chi connectivity index (χ0v) is 12.0. The van der Waals surface area contributed by atoms with E-state index in [2.05, 4.69) is 11.1 Å². The SMILES string of the molecule is Cc1ccc(C)c(Sc2cc(C(=O)O)c(Cl)cn2)c1. The number of aromatic nitrogens is 1. The minimum Gasteiger partial charge on any atom is -0.478 e. The molecule has 0 unspecified atom stereocenters. The van der Waals surface area contributed by atoms with E-state index in [1.54, 1.807) is 0 Å².